The summed E-state index contributed by atoms with van der Waals surface area (Å²) in [5.41, 5.74) is 0.339. The van der Waals surface area contributed by atoms with E-state index in [2.05, 4.69) is 15.2 Å². The van der Waals surface area contributed by atoms with Gasteiger partial charge in [0.05, 0.1) is 6.61 Å². The first kappa shape index (κ1) is 15.9. The van der Waals surface area contributed by atoms with E-state index in [0.29, 0.717) is 13.2 Å². The van der Waals surface area contributed by atoms with Gasteiger partial charge in [0, 0.05) is 17.5 Å². The fourth-order valence-electron chi connectivity index (χ4n) is 2.37. The first-order valence-electron chi connectivity index (χ1n) is 7.07. The second-order valence-electron chi connectivity index (χ2n) is 5.41. The molecule has 0 unspecified atom stereocenters. The molecule has 1 heterocycles. The van der Waals surface area contributed by atoms with Gasteiger partial charge >= 0.3 is 5.97 Å². The minimum Gasteiger partial charge on any atom is -0.461 e. The lowest BCUT2D eigenvalue weighted by molar-refractivity contribution is 0.0525. The average molecular weight is 311 g/mol. The van der Waals surface area contributed by atoms with Crippen LogP contribution in [-0.2, 0) is 4.74 Å². The first-order chi connectivity index (χ1) is 9.98. The van der Waals surface area contributed by atoms with Gasteiger partial charge in [0.25, 0.3) is 5.91 Å². The number of hydrogen-bond acceptors (Lipinski definition) is 6. The van der Waals surface area contributed by atoms with Gasteiger partial charge < -0.3 is 15.0 Å². The molecule has 0 radical (unpaired) electrons. The molecule has 0 spiro atoms. The summed E-state index contributed by atoms with van der Waals surface area (Å²) < 4.78 is 4.86. The molecule has 21 heavy (non-hydrogen) atoms. The molecule has 1 amide bonds. The smallest absolute Gasteiger partial charge is 0.367 e. The number of nitrogens with zero attached hydrogens (tertiary/aromatic N) is 2. The van der Waals surface area contributed by atoms with E-state index in [4.69, 9.17) is 4.74 Å². The lowest BCUT2D eigenvalue weighted by Gasteiger charge is -2.47. The van der Waals surface area contributed by atoms with E-state index in [9.17, 15) is 9.59 Å². The van der Waals surface area contributed by atoms with Crippen LogP contribution in [0.1, 0.15) is 46.5 Å². The van der Waals surface area contributed by atoms with E-state index < -0.39 is 5.97 Å². The summed E-state index contributed by atoms with van der Waals surface area (Å²) in [4.78, 5) is 29.8. The van der Waals surface area contributed by atoms with Gasteiger partial charge in [-0.15, -0.1) is 11.3 Å². The van der Waals surface area contributed by atoms with Crippen molar-refractivity contribution in [2.75, 3.05) is 27.2 Å². The summed E-state index contributed by atoms with van der Waals surface area (Å²) >= 11 is 1.13. The number of amides is 1. The molecule has 116 valence electrons. The molecule has 2 rings (SSSR count). The van der Waals surface area contributed by atoms with Crippen LogP contribution < -0.4 is 5.32 Å². The van der Waals surface area contributed by atoms with Crippen molar-refractivity contribution in [2.45, 2.75) is 31.7 Å². The van der Waals surface area contributed by atoms with Gasteiger partial charge in [0.15, 0.2) is 0 Å². The van der Waals surface area contributed by atoms with Crippen molar-refractivity contribution in [3.8, 4) is 0 Å². The van der Waals surface area contributed by atoms with Crippen molar-refractivity contribution in [2.24, 2.45) is 0 Å². The summed E-state index contributed by atoms with van der Waals surface area (Å²) in [6.07, 6.45) is 3.37. The van der Waals surface area contributed by atoms with E-state index in [0.717, 1.165) is 24.2 Å². The Bertz CT molecular complexity index is 523. The van der Waals surface area contributed by atoms with Crippen LogP contribution in [0.2, 0.25) is 0 Å². The van der Waals surface area contributed by atoms with Crippen molar-refractivity contribution in [3.05, 3.63) is 16.1 Å². The van der Waals surface area contributed by atoms with Gasteiger partial charge in [-0.05, 0) is 40.3 Å². The Morgan fingerprint density at radius 3 is 2.71 bits per heavy atom. The van der Waals surface area contributed by atoms with Crippen molar-refractivity contribution in [1.29, 1.82) is 0 Å². The number of thiazole rings is 1. The molecule has 1 aliphatic carbocycles. The largest absolute Gasteiger partial charge is 0.461 e. The number of ether oxygens (including phenoxy) is 1. The average Bonchev–Trinajstić information content (AvgIpc) is 2.86. The zero-order valence-corrected chi connectivity index (χ0v) is 13.5. The van der Waals surface area contributed by atoms with Crippen LogP contribution in [0.5, 0.6) is 0 Å². The quantitative estimate of drug-likeness (QED) is 0.807. The summed E-state index contributed by atoms with van der Waals surface area (Å²) in [6.45, 7) is 2.63. The van der Waals surface area contributed by atoms with E-state index in [1.54, 1.807) is 12.3 Å². The van der Waals surface area contributed by atoms with Gasteiger partial charge in [-0.25, -0.2) is 9.78 Å². The SMILES string of the molecule is CCOC(=O)c1nc(C(=O)NCC2(N(C)C)CCC2)cs1. The van der Waals surface area contributed by atoms with Crippen LogP contribution >= 0.6 is 11.3 Å². The fourth-order valence-corrected chi connectivity index (χ4v) is 3.06. The Morgan fingerprint density at radius 2 is 2.19 bits per heavy atom. The van der Waals surface area contributed by atoms with E-state index in [1.807, 2.05) is 14.1 Å². The number of likely N-dealkylation sites (N-methyl/N-ethyl adjacent to an activating group) is 1. The topological polar surface area (TPSA) is 71.5 Å². The Labute approximate surface area is 128 Å². The molecule has 6 nitrogen and oxygen atoms in total. The third kappa shape index (κ3) is 3.41. The third-order valence-electron chi connectivity index (χ3n) is 4.00. The highest BCUT2D eigenvalue weighted by molar-refractivity contribution is 7.11. The zero-order chi connectivity index (χ0) is 15.5. The second kappa shape index (κ2) is 6.53. The van der Waals surface area contributed by atoms with Crippen molar-refractivity contribution < 1.29 is 14.3 Å². The predicted molar refractivity (Wildman–Crippen MR) is 80.7 cm³/mol. The van der Waals surface area contributed by atoms with E-state index in [1.165, 1.54) is 6.42 Å². The van der Waals surface area contributed by atoms with Crippen molar-refractivity contribution in [1.82, 2.24) is 15.2 Å². The van der Waals surface area contributed by atoms with Gasteiger partial charge in [0.2, 0.25) is 5.01 Å². The highest BCUT2D eigenvalue weighted by atomic mass is 32.1. The highest BCUT2D eigenvalue weighted by Crippen LogP contribution is 2.35. The molecule has 1 saturated carbocycles. The maximum atomic E-state index is 12.1. The Morgan fingerprint density at radius 1 is 1.48 bits per heavy atom. The molecule has 0 bridgehead atoms. The van der Waals surface area contributed by atoms with E-state index >= 15 is 0 Å². The van der Waals surface area contributed by atoms with Crippen LogP contribution in [0, 0.1) is 0 Å². The monoisotopic (exact) mass is 311 g/mol. The van der Waals surface area contributed by atoms with Crippen molar-refractivity contribution >= 4 is 23.2 Å². The summed E-state index contributed by atoms with van der Waals surface area (Å²) in [7, 11) is 4.07. The van der Waals surface area contributed by atoms with E-state index in [-0.39, 0.29) is 22.1 Å². The second-order valence-corrected chi connectivity index (χ2v) is 6.27. The molecule has 1 aromatic heterocycles. The van der Waals surface area contributed by atoms with Crippen LogP contribution in [0.3, 0.4) is 0 Å². The van der Waals surface area contributed by atoms with Crippen LogP contribution in [0.15, 0.2) is 5.38 Å². The minimum atomic E-state index is -0.481. The van der Waals surface area contributed by atoms with Gasteiger partial charge in [0.1, 0.15) is 5.69 Å². The molecule has 7 heteroatoms. The normalized spacial score (nSPS) is 16.4. The summed E-state index contributed by atoms with van der Waals surface area (Å²) in [5, 5.41) is 4.72. The Balaban J connectivity index is 1.93. The number of rotatable bonds is 6. The first-order valence-corrected chi connectivity index (χ1v) is 7.95. The molecular formula is C14H21N3O3S. The fraction of sp³-hybridized carbons (Fsp3) is 0.643. The molecule has 1 aromatic rings. The molecule has 0 atom stereocenters. The lowest BCUT2D eigenvalue weighted by Crippen LogP contribution is -2.57. The molecule has 0 aliphatic heterocycles. The van der Waals surface area contributed by atoms with Crippen LogP contribution in [0.25, 0.3) is 0 Å². The third-order valence-corrected chi connectivity index (χ3v) is 4.82. The summed E-state index contributed by atoms with van der Waals surface area (Å²) in [5.74, 6) is -0.722. The van der Waals surface area contributed by atoms with Gasteiger partial charge in [-0.1, -0.05) is 0 Å². The minimum absolute atomic E-state index is 0.0651. The molecule has 1 N–H and O–H groups in total. The number of esters is 1. The standard InChI is InChI=1S/C14H21N3O3S/c1-4-20-13(19)12-16-10(8-21-12)11(18)15-9-14(17(2)3)6-5-7-14/h8H,4-7,9H2,1-3H3,(H,15,18). The maximum absolute atomic E-state index is 12.1. The molecule has 1 fully saturated rings. The van der Waals surface area contributed by atoms with Crippen LogP contribution in [-0.4, -0.2) is 54.5 Å². The number of carbonyl (C=O) groups excluding carboxylic acids is 2. The number of carbonyl (C=O) groups is 2. The molecule has 1 aliphatic rings. The van der Waals surface area contributed by atoms with Crippen LogP contribution in [0.4, 0.5) is 0 Å². The Hall–Kier alpha value is -1.47. The maximum Gasteiger partial charge on any atom is 0.367 e. The zero-order valence-electron chi connectivity index (χ0n) is 12.6. The van der Waals surface area contributed by atoms with Gasteiger partial charge in [-0.3, -0.25) is 4.79 Å². The highest BCUT2D eigenvalue weighted by Gasteiger charge is 2.39. The summed E-state index contributed by atoms with van der Waals surface area (Å²) in [6, 6.07) is 0. The van der Waals surface area contributed by atoms with Crippen molar-refractivity contribution in [3.63, 3.8) is 0 Å². The molecule has 0 aromatic carbocycles. The lowest BCUT2D eigenvalue weighted by atomic mass is 9.75. The number of hydrogen-bond donors (Lipinski definition) is 1. The number of nitrogens with one attached hydrogen (secondary N) is 1. The Kier molecular flexibility index (Phi) is 4.95. The van der Waals surface area contributed by atoms with Gasteiger partial charge in [-0.2, -0.15) is 0 Å². The predicted octanol–water partition coefficient (Wildman–Crippen LogP) is 1.53. The molecular weight excluding hydrogens is 290 g/mol. The molecule has 0 saturated heterocycles. The number of aromatic nitrogens is 1.